The number of benzene rings is 1. The first kappa shape index (κ1) is 14.4. The fourth-order valence-electron chi connectivity index (χ4n) is 2.79. The number of alkyl carbamates (subject to hydrolysis) is 1. The summed E-state index contributed by atoms with van der Waals surface area (Å²) in [5, 5.41) is 4.18. The molecule has 1 amide bonds. The lowest BCUT2D eigenvalue weighted by atomic mass is 10.2. The quantitative estimate of drug-likeness (QED) is 0.848. The predicted octanol–water partition coefficient (Wildman–Crippen LogP) is 3.85. The first-order valence-corrected chi connectivity index (χ1v) is 7.88. The molecule has 0 bridgehead atoms. The van der Waals surface area contributed by atoms with Crippen molar-refractivity contribution >= 4 is 32.9 Å². The van der Waals surface area contributed by atoms with Crippen molar-refractivity contribution < 1.29 is 9.53 Å². The van der Waals surface area contributed by atoms with Crippen LogP contribution in [0.3, 0.4) is 0 Å². The van der Waals surface area contributed by atoms with Crippen LogP contribution in [0.1, 0.15) is 26.5 Å². The van der Waals surface area contributed by atoms with Crippen molar-refractivity contribution in [1.82, 2.24) is 9.88 Å². The lowest BCUT2D eigenvalue weighted by molar-refractivity contribution is 0.0504. The highest BCUT2D eigenvalue weighted by Crippen LogP contribution is 2.28. The number of aromatic nitrogens is 1. The van der Waals surface area contributed by atoms with E-state index in [1.165, 1.54) is 16.6 Å². The normalized spacial score (nSPS) is 17.8. The van der Waals surface area contributed by atoms with Crippen molar-refractivity contribution in [2.45, 2.75) is 45.4 Å². The van der Waals surface area contributed by atoms with Crippen molar-refractivity contribution in [3.63, 3.8) is 0 Å². The number of halogens is 1. The van der Waals surface area contributed by atoms with Crippen LogP contribution >= 0.6 is 15.9 Å². The number of carbonyl (C=O) groups is 1. The summed E-state index contributed by atoms with van der Waals surface area (Å²) in [7, 11) is 0. The van der Waals surface area contributed by atoms with Gasteiger partial charge in [-0.1, -0.05) is 15.9 Å². The molecule has 4 nitrogen and oxygen atoms in total. The molecule has 5 heteroatoms. The Kier molecular flexibility index (Phi) is 3.48. The molecule has 2 heterocycles. The topological polar surface area (TPSA) is 43.3 Å². The SMILES string of the molecule is CC(C)(C)OC(=O)NC1Cc2cc3cc(Br)ccc3n2C1. The first-order chi connectivity index (χ1) is 9.82. The minimum Gasteiger partial charge on any atom is -0.444 e. The molecule has 3 rings (SSSR count). The molecule has 0 spiro atoms. The number of hydrogen-bond acceptors (Lipinski definition) is 2. The summed E-state index contributed by atoms with van der Waals surface area (Å²) in [5.41, 5.74) is 2.00. The van der Waals surface area contributed by atoms with Gasteiger partial charge in [0.05, 0.1) is 6.04 Å². The smallest absolute Gasteiger partial charge is 0.407 e. The number of nitrogens with zero attached hydrogens (tertiary/aromatic N) is 1. The van der Waals surface area contributed by atoms with E-state index in [2.05, 4.69) is 44.0 Å². The summed E-state index contributed by atoms with van der Waals surface area (Å²) >= 11 is 3.50. The molecule has 0 radical (unpaired) electrons. The Bertz CT molecular complexity index is 700. The van der Waals surface area contributed by atoms with Crippen molar-refractivity contribution in [1.29, 1.82) is 0 Å². The van der Waals surface area contributed by atoms with E-state index >= 15 is 0 Å². The maximum absolute atomic E-state index is 11.8. The molecule has 0 aliphatic carbocycles. The minimum atomic E-state index is -0.461. The predicted molar refractivity (Wildman–Crippen MR) is 86.5 cm³/mol. The molecule has 0 fully saturated rings. The molecule has 1 aromatic heterocycles. The maximum Gasteiger partial charge on any atom is 0.407 e. The van der Waals surface area contributed by atoms with Gasteiger partial charge in [-0.25, -0.2) is 4.79 Å². The van der Waals surface area contributed by atoms with Crippen molar-refractivity contribution in [2.75, 3.05) is 0 Å². The van der Waals surface area contributed by atoms with Gasteiger partial charge in [-0.15, -0.1) is 0 Å². The second-order valence-electron chi connectivity index (χ2n) is 6.50. The van der Waals surface area contributed by atoms with E-state index in [0.29, 0.717) is 0 Å². The third-order valence-electron chi connectivity index (χ3n) is 3.53. The van der Waals surface area contributed by atoms with Crippen LogP contribution < -0.4 is 5.32 Å². The lowest BCUT2D eigenvalue weighted by Crippen LogP contribution is -2.39. The molecular formula is C16H19BrN2O2. The van der Waals surface area contributed by atoms with Crippen LogP contribution in [0.4, 0.5) is 4.79 Å². The highest BCUT2D eigenvalue weighted by atomic mass is 79.9. The van der Waals surface area contributed by atoms with Crippen LogP contribution in [0.5, 0.6) is 0 Å². The monoisotopic (exact) mass is 350 g/mol. The van der Waals surface area contributed by atoms with Gasteiger partial charge in [-0.3, -0.25) is 0 Å². The number of carbonyl (C=O) groups excluding carboxylic acids is 1. The minimum absolute atomic E-state index is 0.0999. The zero-order valence-corrected chi connectivity index (χ0v) is 14.0. The highest BCUT2D eigenvalue weighted by Gasteiger charge is 2.26. The van der Waals surface area contributed by atoms with Gasteiger partial charge in [-0.2, -0.15) is 0 Å². The van der Waals surface area contributed by atoms with E-state index in [1.807, 2.05) is 26.8 Å². The van der Waals surface area contributed by atoms with E-state index in [4.69, 9.17) is 4.74 Å². The van der Waals surface area contributed by atoms with Crippen LogP contribution in [0.25, 0.3) is 10.9 Å². The molecular weight excluding hydrogens is 332 g/mol. The Labute approximate surface area is 132 Å². The van der Waals surface area contributed by atoms with E-state index in [-0.39, 0.29) is 12.1 Å². The molecule has 1 N–H and O–H groups in total. The Balaban J connectivity index is 1.72. The van der Waals surface area contributed by atoms with E-state index in [9.17, 15) is 4.79 Å². The molecule has 0 saturated carbocycles. The largest absolute Gasteiger partial charge is 0.444 e. The fraction of sp³-hybridized carbons (Fsp3) is 0.438. The van der Waals surface area contributed by atoms with Gasteiger partial charge in [0.25, 0.3) is 0 Å². The van der Waals surface area contributed by atoms with Gasteiger partial charge in [-0.05, 0) is 45.0 Å². The number of hydrogen-bond donors (Lipinski definition) is 1. The Morgan fingerprint density at radius 2 is 2.14 bits per heavy atom. The number of rotatable bonds is 1. The number of amides is 1. The Hall–Kier alpha value is -1.49. The van der Waals surface area contributed by atoms with Gasteiger partial charge in [0, 0.05) is 34.0 Å². The zero-order chi connectivity index (χ0) is 15.2. The second-order valence-corrected chi connectivity index (χ2v) is 7.41. The molecule has 1 aromatic carbocycles. The Morgan fingerprint density at radius 1 is 1.38 bits per heavy atom. The maximum atomic E-state index is 11.8. The van der Waals surface area contributed by atoms with Crippen molar-refractivity contribution in [3.8, 4) is 0 Å². The summed E-state index contributed by atoms with van der Waals surface area (Å²) in [6, 6.07) is 8.57. The molecule has 112 valence electrons. The summed E-state index contributed by atoms with van der Waals surface area (Å²) in [6.07, 6.45) is 0.497. The summed E-state index contributed by atoms with van der Waals surface area (Å²) in [4.78, 5) is 11.8. The number of nitrogens with one attached hydrogen (secondary N) is 1. The molecule has 1 aliphatic rings. The standard InChI is InChI=1S/C16H19BrN2O2/c1-16(2,3)21-15(20)18-12-8-13-7-10-6-11(17)4-5-14(10)19(13)9-12/h4-7,12H,8-9H2,1-3H3,(H,18,20). The van der Waals surface area contributed by atoms with Crippen LogP contribution in [-0.4, -0.2) is 22.3 Å². The van der Waals surface area contributed by atoms with Crippen LogP contribution in [0, 0.1) is 0 Å². The average molecular weight is 351 g/mol. The molecule has 2 aromatic rings. The van der Waals surface area contributed by atoms with Gasteiger partial charge in [0.2, 0.25) is 0 Å². The highest BCUT2D eigenvalue weighted by molar-refractivity contribution is 9.10. The van der Waals surface area contributed by atoms with Gasteiger partial charge in [0.1, 0.15) is 5.60 Å². The molecule has 0 saturated heterocycles. The lowest BCUT2D eigenvalue weighted by Gasteiger charge is -2.21. The second kappa shape index (κ2) is 5.05. The van der Waals surface area contributed by atoms with Gasteiger partial charge >= 0.3 is 6.09 Å². The number of ether oxygens (including phenoxy) is 1. The third-order valence-corrected chi connectivity index (χ3v) is 4.02. The molecule has 1 unspecified atom stereocenters. The van der Waals surface area contributed by atoms with E-state index in [1.54, 1.807) is 0 Å². The molecule has 21 heavy (non-hydrogen) atoms. The van der Waals surface area contributed by atoms with E-state index < -0.39 is 5.60 Å². The van der Waals surface area contributed by atoms with Crippen molar-refractivity contribution in [2.24, 2.45) is 0 Å². The van der Waals surface area contributed by atoms with Crippen molar-refractivity contribution in [3.05, 3.63) is 34.4 Å². The van der Waals surface area contributed by atoms with Gasteiger partial charge in [0.15, 0.2) is 0 Å². The van der Waals surface area contributed by atoms with Crippen LogP contribution in [0.2, 0.25) is 0 Å². The Morgan fingerprint density at radius 3 is 2.86 bits per heavy atom. The third kappa shape index (κ3) is 3.07. The summed E-state index contributed by atoms with van der Waals surface area (Å²) < 4.78 is 8.67. The molecule has 1 atom stereocenters. The van der Waals surface area contributed by atoms with Gasteiger partial charge < -0.3 is 14.6 Å². The average Bonchev–Trinajstić information content (AvgIpc) is 2.82. The van der Waals surface area contributed by atoms with E-state index in [0.717, 1.165) is 17.4 Å². The first-order valence-electron chi connectivity index (χ1n) is 7.09. The fourth-order valence-corrected chi connectivity index (χ4v) is 3.17. The van der Waals surface area contributed by atoms with Crippen LogP contribution in [-0.2, 0) is 17.7 Å². The zero-order valence-electron chi connectivity index (χ0n) is 12.4. The summed E-state index contributed by atoms with van der Waals surface area (Å²) in [5.74, 6) is 0. The van der Waals surface area contributed by atoms with Crippen LogP contribution in [0.15, 0.2) is 28.7 Å². The number of fused-ring (bicyclic) bond motifs is 3. The molecule has 1 aliphatic heterocycles. The summed E-state index contributed by atoms with van der Waals surface area (Å²) in [6.45, 7) is 6.40.